The first-order valence-corrected chi connectivity index (χ1v) is 7.39. The van der Waals surface area contributed by atoms with Gasteiger partial charge in [0.05, 0.1) is 23.6 Å². The molecule has 0 saturated carbocycles. The van der Waals surface area contributed by atoms with Crippen molar-refractivity contribution < 1.29 is 4.79 Å². The van der Waals surface area contributed by atoms with E-state index in [2.05, 4.69) is 20.6 Å². The molecule has 116 valence electrons. The molecule has 3 rings (SSSR count). The van der Waals surface area contributed by atoms with Crippen LogP contribution in [0.1, 0.15) is 21.9 Å². The highest BCUT2D eigenvalue weighted by molar-refractivity contribution is 6.30. The number of pyridine rings is 1. The molecule has 0 atom stereocenters. The average Bonchev–Trinajstić information content (AvgIpc) is 2.95. The fourth-order valence-electron chi connectivity index (χ4n) is 2.15. The van der Waals surface area contributed by atoms with E-state index in [-0.39, 0.29) is 11.6 Å². The van der Waals surface area contributed by atoms with Gasteiger partial charge in [-0.25, -0.2) is 4.68 Å². The molecule has 2 aromatic heterocycles. The number of benzene rings is 1. The Morgan fingerprint density at radius 1 is 1.26 bits per heavy atom. The number of halogens is 1. The lowest BCUT2D eigenvalue weighted by Gasteiger charge is -2.05. The average molecular weight is 328 g/mol. The summed E-state index contributed by atoms with van der Waals surface area (Å²) in [4.78, 5) is 16.4. The van der Waals surface area contributed by atoms with Gasteiger partial charge in [0.2, 0.25) is 0 Å². The molecule has 0 aliphatic carbocycles. The van der Waals surface area contributed by atoms with Crippen LogP contribution in [0.15, 0.2) is 48.7 Å². The lowest BCUT2D eigenvalue weighted by atomic mass is 10.2. The summed E-state index contributed by atoms with van der Waals surface area (Å²) in [5.74, 6) is -0.290. The molecule has 2 heterocycles. The van der Waals surface area contributed by atoms with Crippen LogP contribution in [0.4, 0.5) is 0 Å². The van der Waals surface area contributed by atoms with Crippen molar-refractivity contribution in [3.8, 4) is 5.69 Å². The van der Waals surface area contributed by atoms with Crippen molar-refractivity contribution >= 4 is 17.5 Å². The number of hydrogen-bond donors (Lipinski definition) is 1. The number of amides is 1. The van der Waals surface area contributed by atoms with Crippen LogP contribution in [-0.4, -0.2) is 25.9 Å². The quantitative estimate of drug-likeness (QED) is 0.799. The molecule has 0 aliphatic heterocycles. The van der Waals surface area contributed by atoms with Crippen LogP contribution in [0.3, 0.4) is 0 Å². The standard InChI is InChI=1S/C16H14ClN5O/c1-11-15(16(23)19-10-13-6-2-3-8-18-13)20-21-22(11)14-7-4-5-12(17)9-14/h2-9H,10H2,1H3,(H,19,23). The van der Waals surface area contributed by atoms with Crippen molar-refractivity contribution in [2.24, 2.45) is 0 Å². The molecule has 1 N–H and O–H groups in total. The number of rotatable bonds is 4. The summed E-state index contributed by atoms with van der Waals surface area (Å²) in [6.45, 7) is 2.12. The summed E-state index contributed by atoms with van der Waals surface area (Å²) < 4.78 is 1.58. The first-order chi connectivity index (χ1) is 11.1. The summed E-state index contributed by atoms with van der Waals surface area (Å²) in [6, 6.07) is 12.7. The van der Waals surface area contributed by atoms with E-state index in [1.807, 2.05) is 30.3 Å². The van der Waals surface area contributed by atoms with Gasteiger partial charge in [-0.1, -0.05) is 28.9 Å². The Labute approximate surface area is 138 Å². The minimum absolute atomic E-state index is 0.279. The summed E-state index contributed by atoms with van der Waals surface area (Å²) in [5.41, 5.74) is 2.46. The third-order valence-corrected chi connectivity index (χ3v) is 3.55. The maximum atomic E-state index is 12.3. The zero-order valence-electron chi connectivity index (χ0n) is 12.4. The fraction of sp³-hybridized carbons (Fsp3) is 0.125. The number of carbonyl (C=O) groups excluding carboxylic acids is 1. The monoisotopic (exact) mass is 327 g/mol. The van der Waals surface area contributed by atoms with Crippen LogP contribution in [0.25, 0.3) is 5.69 Å². The molecular weight excluding hydrogens is 314 g/mol. The second kappa shape index (κ2) is 6.58. The summed E-state index contributed by atoms with van der Waals surface area (Å²) in [7, 11) is 0. The maximum Gasteiger partial charge on any atom is 0.274 e. The number of nitrogens with one attached hydrogen (secondary N) is 1. The Morgan fingerprint density at radius 3 is 2.87 bits per heavy atom. The fourth-order valence-corrected chi connectivity index (χ4v) is 2.33. The molecule has 0 unspecified atom stereocenters. The van der Waals surface area contributed by atoms with Crippen LogP contribution in [-0.2, 0) is 6.54 Å². The number of carbonyl (C=O) groups is 1. The molecule has 0 fully saturated rings. The first kappa shape index (κ1) is 15.2. The minimum Gasteiger partial charge on any atom is -0.345 e. The highest BCUT2D eigenvalue weighted by atomic mass is 35.5. The second-order valence-corrected chi connectivity index (χ2v) is 5.36. The molecule has 0 aliphatic rings. The molecule has 0 bridgehead atoms. The zero-order valence-corrected chi connectivity index (χ0v) is 13.2. The molecule has 0 saturated heterocycles. The van der Waals surface area contributed by atoms with Gasteiger partial charge in [-0.3, -0.25) is 9.78 Å². The van der Waals surface area contributed by atoms with Gasteiger partial charge >= 0.3 is 0 Å². The lowest BCUT2D eigenvalue weighted by Crippen LogP contribution is -2.24. The van der Waals surface area contributed by atoms with E-state index in [1.165, 1.54) is 0 Å². The number of hydrogen-bond acceptors (Lipinski definition) is 4. The topological polar surface area (TPSA) is 72.7 Å². The highest BCUT2D eigenvalue weighted by Gasteiger charge is 2.17. The van der Waals surface area contributed by atoms with E-state index in [4.69, 9.17) is 11.6 Å². The van der Waals surface area contributed by atoms with E-state index in [0.717, 1.165) is 11.4 Å². The summed E-state index contributed by atoms with van der Waals surface area (Å²) in [6.07, 6.45) is 1.68. The van der Waals surface area contributed by atoms with E-state index in [9.17, 15) is 4.79 Å². The van der Waals surface area contributed by atoms with E-state index < -0.39 is 0 Å². The Bertz CT molecular complexity index is 831. The van der Waals surface area contributed by atoms with Crippen LogP contribution >= 0.6 is 11.6 Å². The normalized spacial score (nSPS) is 10.5. The van der Waals surface area contributed by atoms with Crippen molar-refractivity contribution in [2.45, 2.75) is 13.5 Å². The molecular formula is C16H14ClN5O. The van der Waals surface area contributed by atoms with E-state index in [0.29, 0.717) is 17.3 Å². The first-order valence-electron chi connectivity index (χ1n) is 7.01. The largest absolute Gasteiger partial charge is 0.345 e. The predicted molar refractivity (Wildman–Crippen MR) is 86.5 cm³/mol. The van der Waals surface area contributed by atoms with Gasteiger partial charge in [0.25, 0.3) is 5.91 Å². The van der Waals surface area contributed by atoms with Gasteiger partial charge < -0.3 is 5.32 Å². The van der Waals surface area contributed by atoms with Crippen LogP contribution in [0.2, 0.25) is 5.02 Å². The smallest absolute Gasteiger partial charge is 0.274 e. The van der Waals surface area contributed by atoms with Crippen molar-refractivity contribution in [3.05, 3.63) is 70.8 Å². The summed E-state index contributed by atoms with van der Waals surface area (Å²) in [5, 5.41) is 11.4. The highest BCUT2D eigenvalue weighted by Crippen LogP contribution is 2.16. The zero-order chi connectivity index (χ0) is 16.2. The Morgan fingerprint density at radius 2 is 2.13 bits per heavy atom. The SMILES string of the molecule is Cc1c(C(=O)NCc2ccccn2)nnn1-c1cccc(Cl)c1. The Balaban J connectivity index is 1.77. The Hall–Kier alpha value is -2.73. The maximum absolute atomic E-state index is 12.3. The van der Waals surface area contributed by atoms with Gasteiger partial charge in [0.1, 0.15) is 0 Å². The number of aromatic nitrogens is 4. The molecule has 0 spiro atoms. The van der Waals surface area contributed by atoms with Gasteiger partial charge in [-0.05, 0) is 37.3 Å². The van der Waals surface area contributed by atoms with Crippen LogP contribution in [0, 0.1) is 6.92 Å². The minimum atomic E-state index is -0.290. The Kier molecular flexibility index (Phi) is 4.34. The summed E-state index contributed by atoms with van der Waals surface area (Å²) >= 11 is 5.99. The van der Waals surface area contributed by atoms with E-state index >= 15 is 0 Å². The third-order valence-electron chi connectivity index (χ3n) is 3.32. The van der Waals surface area contributed by atoms with Gasteiger partial charge in [-0.2, -0.15) is 0 Å². The van der Waals surface area contributed by atoms with Crippen molar-refractivity contribution in [3.63, 3.8) is 0 Å². The van der Waals surface area contributed by atoms with Crippen LogP contribution in [0.5, 0.6) is 0 Å². The molecule has 6 nitrogen and oxygen atoms in total. The van der Waals surface area contributed by atoms with Gasteiger partial charge in [0, 0.05) is 11.2 Å². The molecule has 0 radical (unpaired) electrons. The third kappa shape index (κ3) is 3.37. The van der Waals surface area contributed by atoms with Crippen molar-refractivity contribution in [1.82, 2.24) is 25.3 Å². The van der Waals surface area contributed by atoms with Gasteiger partial charge in [-0.15, -0.1) is 5.10 Å². The lowest BCUT2D eigenvalue weighted by molar-refractivity contribution is 0.0944. The van der Waals surface area contributed by atoms with Crippen molar-refractivity contribution in [2.75, 3.05) is 0 Å². The molecule has 23 heavy (non-hydrogen) atoms. The number of nitrogens with zero attached hydrogens (tertiary/aromatic N) is 4. The molecule has 1 aromatic carbocycles. The van der Waals surface area contributed by atoms with E-state index in [1.54, 1.807) is 29.9 Å². The van der Waals surface area contributed by atoms with Crippen molar-refractivity contribution in [1.29, 1.82) is 0 Å². The molecule has 1 amide bonds. The second-order valence-electron chi connectivity index (χ2n) is 4.92. The molecule has 7 heteroatoms. The van der Waals surface area contributed by atoms with Crippen LogP contribution < -0.4 is 5.32 Å². The van der Waals surface area contributed by atoms with Gasteiger partial charge in [0.15, 0.2) is 5.69 Å². The predicted octanol–water partition coefficient (Wildman–Crippen LogP) is 2.55. The molecule has 3 aromatic rings.